The Morgan fingerprint density at radius 2 is 2.00 bits per heavy atom. The molecule has 4 nitrogen and oxygen atoms in total. The van der Waals surface area contributed by atoms with Gasteiger partial charge >= 0.3 is 6.18 Å². The van der Waals surface area contributed by atoms with E-state index in [1.165, 1.54) is 0 Å². The summed E-state index contributed by atoms with van der Waals surface area (Å²) in [5.41, 5.74) is -1.33. The standard InChI is InChI=1S/C13H16F3NO3S/c1-8-10(13(14,15)16)3-2-4-12(8)21(19,20)17-7-11(18)9-5-6-9/h2-4,9,11,17-18H,5-7H2,1H3. The van der Waals surface area contributed by atoms with Gasteiger partial charge in [-0.25, -0.2) is 13.1 Å². The minimum absolute atomic E-state index is 0.0790. The molecule has 8 heteroatoms. The van der Waals surface area contributed by atoms with Crippen molar-refractivity contribution in [2.75, 3.05) is 6.54 Å². The SMILES string of the molecule is Cc1c(C(F)(F)F)cccc1S(=O)(=O)NCC(O)C1CC1. The second-order valence-corrected chi connectivity index (χ2v) is 6.92. The molecule has 118 valence electrons. The van der Waals surface area contributed by atoms with E-state index in [2.05, 4.69) is 4.72 Å². The number of nitrogens with one attached hydrogen (secondary N) is 1. The van der Waals surface area contributed by atoms with Crippen molar-refractivity contribution in [2.24, 2.45) is 5.92 Å². The zero-order chi connectivity index (χ0) is 15.8. The van der Waals surface area contributed by atoms with Crippen LogP contribution in [0.4, 0.5) is 13.2 Å². The predicted octanol–water partition coefficient (Wildman–Crippen LogP) is 2.06. The average molecular weight is 323 g/mol. The molecule has 1 saturated carbocycles. The number of sulfonamides is 1. The first-order chi connectivity index (χ1) is 9.63. The number of benzene rings is 1. The van der Waals surface area contributed by atoms with Crippen LogP contribution in [0.25, 0.3) is 0 Å². The van der Waals surface area contributed by atoms with Gasteiger partial charge in [-0.15, -0.1) is 0 Å². The van der Waals surface area contributed by atoms with Crippen LogP contribution in [0.2, 0.25) is 0 Å². The second kappa shape index (κ2) is 5.58. The van der Waals surface area contributed by atoms with E-state index in [4.69, 9.17) is 0 Å². The Morgan fingerprint density at radius 1 is 1.38 bits per heavy atom. The van der Waals surface area contributed by atoms with Crippen LogP contribution in [0.5, 0.6) is 0 Å². The Morgan fingerprint density at radius 3 is 2.52 bits per heavy atom. The molecule has 0 spiro atoms. The first-order valence-electron chi connectivity index (χ1n) is 6.47. The van der Waals surface area contributed by atoms with Crippen LogP contribution in [0, 0.1) is 12.8 Å². The van der Waals surface area contributed by atoms with Gasteiger partial charge in [0.25, 0.3) is 0 Å². The summed E-state index contributed by atoms with van der Waals surface area (Å²) in [5.74, 6) is 0.0790. The van der Waals surface area contributed by atoms with Crippen molar-refractivity contribution in [2.45, 2.75) is 36.9 Å². The lowest BCUT2D eigenvalue weighted by molar-refractivity contribution is -0.138. The number of aliphatic hydroxyl groups excluding tert-OH is 1. The van der Waals surface area contributed by atoms with Crippen LogP contribution in [-0.2, 0) is 16.2 Å². The van der Waals surface area contributed by atoms with E-state index in [0.717, 1.165) is 38.0 Å². The summed E-state index contributed by atoms with van der Waals surface area (Å²) in [5, 5.41) is 9.65. The van der Waals surface area contributed by atoms with E-state index in [0.29, 0.717) is 0 Å². The van der Waals surface area contributed by atoms with Crippen molar-refractivity contribution in [1.82, 2.24) is 4.72 Å². The highest BCUT2D eigenvalue weighted by molar-refractivity contribution is 7.89. The maximum absolute atomic E-state index is 12.8. The highest BCUT2D eigenvalue weighted by Gasteiger charge is 2.35. The predicted molar refractivity (Wildman–Crippen MR) is 70.1 cm³/mol. The molecule has 1 fully saturated rings. The third-order valence-corrected chi connectivity index (χ3v) is 5.10. The first kappa shape index (κ1) is 16.3. The van der Waals surface area contributed by atoms with Gasteiger partial charge in [-0.3, -0.25) is 0 Å². The van der Waals surface area contributed by atoms with Crippen molar-refractivity contribution >= 4 is 10.0 Å². The second-order valence-electron chi connectivity index (χ2n) is 5.18. The molecule has 0 saturated heterocycles. The van der Waals surface area contributed by atoms with E-state index in [1.807, 2.05) is 0 Å². The van der Waals surface area contributed by atoms with Gasteiger partial charge in [0.2, 0.25) is 10.0 Å². The summed E-state index contributed by atoms with van der Waals surface area (Å²) in [6.07, 6.45) is -3.73. The lowest BCUT2D eigenvalue weighted by atomic mass is 10.1. The third kappa shape index (κ3) is 3.75. The fourth-order valence-electron chi connectivity index (χ4n) is 2.13. The fourth-order valence-corrected chi connectivity index (χ4v) is 3.45. The summed E-state index contributed by atoms with van der Waals surface area (Å²) >= 11 is 0. The fraction of sp³-hybridized carbons (Fsp3) is 0.538. The van der Waals surface area contributed by atoms with Gasteiger partial charge in [-0.1, -0.05) is 6.07 Å². The van der Waals surface area contributed by atoms with Crippen molar-refractivity contribution in [3.63, 3.8) is 0 Å². The van der Waals surface area contributed by atoms with E-state index in [9.17, 15) is 26.7 Å². The monoisotopic (exact) mass is 323 g/mol. The molecule has 0 amide bonds. The van der Waals surface area contributed by atoms with Crippen LogP contribution in [0.1, 0.15) is 24.0 Å². The Kier molecular flexibility index (Phi) is 4.32. The van der Waals surface area contributed by atoms with Gasteiger partial charge in [0.15, 0.2) is 0 Å². The van der Waals surface area contributed by atoms with Crippen LogP contribution >= 0.6 is 0 Å². The van der Waals surface area contributed by atoms with Gasteiger partial charge in [0, 0.05) is 6.54 Å². The normalized spacial score (nSPS) is 17.8. The van der Waals surface area contributed by atoms with Crippen molar-refractivity contribution in [1.29, 1.82) is 0 Å². The lowest BCUT2D eigenvalue weighted by Crippen LogP contribution is -2.33. The maximum Gasteiger partial charge on any atom is 0.416 e. The minimum Gasteiger partial charge on any atom is -0.391 e. The summed E-state index contributed by atoms with van der Waals surface area (Å²) < 4.78 is 64.7. The van der Waals surface area contributed by atoms with Crippen LogP contribution in [-0.4, -0.2) is 26.2 Å². The highest BCUT2D eigenvalue weighted by atomic mass is 32.2. The molecule has 2 N–H and O–H groups in total. The molecule has 0 heterocycles. The van der Waals surface area contributed by atoms with Crippen LogP contribution in [0.3, 0.4) is 0 Å². The number of alkyl halides is 3. The lowest BCUT2D eigenvalue weighted by Gasteiger charge is -2.16. The van der Waals surface area contributed by atoms with E-state index < -0.39 is 32.8 Å². The van der Waals surface area contributed by atoms with E-state index in [1.54, 1.807) is 0 Å². The molecular formula is C13H16F3NO3S. The molecule has 1 aliphatic carbocycles. The smallest absolute Gasteiger partial charge is 0.391 e. The Labute approximate surface area is 121 Å². The number of rotatable bonds is 5. The summed E-state index contributed by atoms with van der Waals surface area (Å²) in [6.45, 7) is 0.928. The minimum atomic E-state index is -4.61. The zero-order valence-corrected chi connectivity index (χ0v) is 12.1. The van der Waals surface area contributed by atoms with Gasteiger partial charge in [0.05, 0.1) is 16.6 Å². The van der Waals surface area contributed by atoms with Crippen LogP contribution in [0.15, 0.2) is 23.1 Å². The van der Waals surface area contributed by atoms with Gasteiger partial charge < -0.3 is 5.11 Å². The number of aliphatic hydroxyl groups is 1. The maximum atomic E-state index is 12.8. The van der Waals surface area contributed by atoms with Gasteiger partial charge in [0.1, 0.15) is 0 Å². The molecule has 1 aromatic rings. The zero-order valence-electron chi connectivity index (χ0n) is 11.3. The van der Waals surface area contributed by atoms with Crippen molar-refractivity contribution < 1.29 is 26.7 Å². The molecule has 1 atom stereocenters. The summed E-state index contributed by atoms with van der Waals surface area (Å²) in [6, 6.07) is 3.02. The van der Waals surface area contributed by atoms with Gasteiger partial charge in [-0.05, 0) is 43.4 Å². The van der Waals surface area contributed by atoms with Crippen molar-refractivity contribution in [3.05, 3.63) is 29.3 Å². The topological polar surface area (TPSA) is 66.4 Å². The average Bonchev–Trinajstić information content (AvgIpc) is 3.19. The van der Waals surface area contributed by atoms with Gasteiger partial charge in [-0.2, -0.15) is 13.2 Å². The Balaban J connectivity index is 2.23. The largest absolute Gasteiger partial charge is 0.416 e. The van der Waals surface area contributed by atoms with E-state index in [-0.39, 0.29) is 18.0 Å². The molecule has 0 radical (unpaired) electrons. The quantitative estimate of drug-likeness (QED) is 0.872. The van der Waals surface area contributed by atoms with E-state index >= 15 is 0 Å². The molecule has 2 rings (SSSR count). The Bertz CT molecular complexity index is 624. The summed E-state index contributed by atoms with van der Waals surface area (Å²) in [7, 11) is -4.08. The molecule has 1 aliphatic rings. The molecule has 1 unspecified atom stereocenters. The number of halogens is 3. The number of hydrogen-bond acceptors (Lipinski definition) is 3. The molecule has 21 heavy (non-hydrogen) atoms. The van der Waals surface area contributed by atoms with Crippen LogP contribution < -0.4 is 4.72 Å². The first-order valence-corrected chi connectivity index (χ1v) is 7.96. The third-order valence-electron chi connectivity index (χ3n) is 3.53. The molecule has 0 aromatic heterocycles. The molecular weight excluding hydrogens is 307 g/mol. The molecule has 0 aliphatic heterocycles. The summed E-state index contributed by atoms with van der Waals surface area (Å²) in [4.78, 5) is -0.416. The van der Waals surface area contributed by atoms with Crippen molar-refractivity contribution in [3.8, 4) is 0 Å². The Hall–Kier alpha value is -1.12. The number of hydrogen-bond donors (Lipinski definition) is 2. The highest BCUT2D eigenvalue weighted by Crippen LogP contribution is 2.34. The molecule has 1 aromatic carbocycles. The molecule has 0 bridgehead atoms.